The molecule has 0 aliphatic carbocycles. The number of fused-ring (bicyclic) bond motifs is 6. The monoisotopic (exact) mass is 473 g/mol. The second-order valence-electron chi connectivity index (χ2n) is 9.95. The first kappa shape index (κ1) is 21.6. The average Bonchev–Trinajstić information content (AvgIpc) is 2.95. The molecule has 0 aliphatic heterocycles. The van der Waals surface area contributed by atoms with Crippen LogP contribution in [0.4, 0.5) is 17.1 Å². The summed E-state index contributed by atoms with van der Waals surface area (Å²) in [6, 6.07) is 46.6. The molecule has 7 aromatic carbocycles. The van der Waals surface area contributed by atoms with E-state index in [1.165, 1.54) is 71.3 Å². The van der Waals surface area contributed by atoms with E-state index < -0.39 is 0 Å². The molecule has 1 heteroatoms. The molecule has 176 valence electrons. The van der Waals surface area contributed by atoms with Crippen LogP contribution in [0.1, 0.15) is 11.1 Å². The van der Waals surface area contributed by atoms with Gasteiger partial charge in [-0.05, 0) is 75.5 Å². The van der Waals surface area contributed by atoms with Crippen molar-refractivity contribution in [2.24, 2.45) is 0 Å². The lowest BCUT2D eigenvalue weighted by Crippen LogP contribution is -2.13. The average molecular weight is 474 g/mol. The molecule has 0 bridgehead atoms. The lowest BCUT2D eigenvalue weighted by atomic mass is 9.96. The predicted octanol–water partition coefficient (Wildman–Crippen LogP) is 10.4. The van der Waals surface area contributed by atoms with Crippen molar-refractivity contribution >= 4 is 60.2 Å². The molecule has 0 aromatic heterocycles. The van der Waals surface area contributed by atoms with E-state index in [0.717, 1.165) is 0 Å². The molecular weight excluding hydrogens is 446 g/mol. The Hall–Kier alpha value is -4.62. The second-order valence-corrected chi connectivity index (χ2v) is 9.95. The molecule has 0 N–H and O–H groups in total. The van der Waals surface area contributed by atoms with E-state index >= 15 is 0 Å². The van der Waals surface area contributed by atoms with Crippen molar-refractivity contribution < 1.29 is 0 Å². The summed E-state index contributed by atoms with van der Waals surface area (Å²) >= 11 is 0. The number of anilines is 3. The molecule has 0 atom stereocenters. The van der Waals surface area contributed by atoms with Crippen LogP contribution in [0.25, 0.3) is 43.1 Å². The van der Waals surface area contributed by atoms with Crippen molar-refractivity contribution in [3.63, 3.8) is 0 Å². The first-order valence-electron chi connectivity index (χ1n) is 12.9. The fourth-order valence-electron chi connectivity index (χ4n) is 5.79. The van der Waals surface area contributed by atoms with Crippen molar-refractivity contribution in [3.05, 3.63) is 139 Å². The van der Waals surface area contributed by atoms with Gasteiger partial charge in [-0.3, -0.25) is 0 Å². The van der Waals surface area contributed by atoms with Crippen LogP contribution in [0.5, 0.6) is 0 Å². The van der Waals surface area contributed by atoms with Gasteiger partial charge in [-0.15, -0.1) is 0 Å². The minimum absolute atomic E-state index is 1.20. The van der Waals surface area contributed by atoms with Crippen molar-refractivity contribution in [2.45, 2.75) is 13.8 Å². The van der Waals surface area contributed by atoms with Gasteiger partial charge in [0.15, 0.2) is 0 Å². The van der Waals surface area contributed by atoms with Gasteiger partial charge in [0, 0.05) is 16.5 Å². The van der Waals surface area contributed by atoms with Crippen molar-refractivity contribution in [1.82, 2.24) is 0 Å². The third-order valence-corrected chi connectivity index (χ3v) is 7.58. The van der Waals surface area contributed by atoms with Crippen LogP contribution in [0.3, 0.4) is 0 Å². The van der Waals surface area contributed by atoms with Crippen LogP contribution in [-0.4, -0.2) is 0 Å². The van der Waals surface area contributed by atoms with Crippen molar-refractivity contribution in [2.75, 3.05) is 4.90 Å². The second kappa shape index (κ2) is 8.50. The van der Waals surface area contributed by atoms with Crippen LogP contribution in [-0.2, 0) is 0 Å². The molecule has 1 nitrogen and oxygen atoms in total. The van der Waals surface area contributed by atoms with Crippen LogP contribution in [0, 0.1) is 13.8 Å². The van der Waals surface area contributed by atoms with Gasteiger partial charge in [0.2, 0.25) is 0 Å². The minimum Gasteiger partial charge on any atom is -0.309 e. The highest BCUT2D eigenvalue weighted by atomic mass is 15.1. The molecular formula is C36H27N. The van der Waals surface area contributed by atoms with Crippen LogP contribution in [0.15, 0.2) is 127 Å². The smallest absolute Gasteiger partial charge is 0.0546 e. The molecule has 0 spiro atoms. The first-order valence-corrected chi connectivity index (χ1v) is 12.9. The van der Waals surface area contributed by atoms with Gasteiger partial charge in [0.25, 0.3) is 0 Å². The SMILES string of the molecule is Cc1ccc(C)c(N(c2cc3ccccc3c3ccccc23)c2cc3ccccc3c3ccccc23)c1. The Morgan fingerprint density at radius 3 is 1.32 bits per heavy atom. The Bertz CT molecular complexity index is 1850. The zero-order valence-corrected chi connectivity index (χ0v) is 21.1. The lowest BCUT2D eigenvalue weighted by molar-refractivity contribution is 1.26. The summed E-state index contributed by atoms with van der Waals surface area (Å²) in [5.41, 5.74) is 6.11. The summed E-state index contributed by atoms with van der Waals surface area (Å²) in [5.74, 6) is 0. The first-order chi connectivity index (χ1) is 18.2. The summed E-state index contributed by atoms with van der Waals surface area (Å²) in [4.78, 5) is 2.49. The zero-order chi connectivity index (χ0) is 24.9. The standard InChI is InChI=1S/C36H27N/c1-24-19-20-25(2)34(21-24)37(35-22-26-11-3-5-13-28(26)30-15-7-9-17-32(30)35)36-23-27-12-4-6-14-29(27)31-16-8-10-18-33(31)36/h3-23H,1-2H3. The number of hydrogen-bond acceptors (Lipinski definition) is 1. The Morgan fingerprint density at radius 1 is 0.378 bits per heavy atom. The molecule has 7 aromatic rings. The fraction of sp³-hybridized carbons (Fsp3) is 0.0556. The maximum Gasteiger partial charge on any atom is 0.0546 e. The molecule has 7 rings (SSSR count). The van der Waals surface area contributed by atoms with Crippen LogP contribution in [0.2, 0.25) is 0 Å². The number of rotatable bonds is 3. The Kier molecular flexibility index (Phi) is 4.97. The van der Waals surface area contributed by atoms with Crippen LogP contribution >= 0.6 is 0 Å². The van der Waals surface area contributed by atoms with Gasteiger partial charge in [-0.25, -0.2) is 0 Å². The molecule has 0 saturated heterocycles. The Labute approximate surface area is 217 Å². The highest BCUT2D eigenvalue weighted by molar-refractivity contribution is 6.18. The van der Waals surface area contributed by atoms with Gasteiger partial charge in [0.1, 0.15) is 0 Å². The summed E-state index contributed by atoms with van der Waals surface area (Å²) in [5, 5.41) is 10.1. The van der Waals surface area contributed by atoms with Gasteiger partial charge in [0.05, 0.1) is 11.4 Å². The van der Waals surface area contributed by atoms with E-state index in [9.17, 15) is 0 Å². The molecule has 0 heterocycles. The van der Waals surface area contributed by atoms with E-state index in [-0.39, 0.29) is 0 Å². The third-order valence-electron chi connectivity index (χ3n) is 7.58. The number of hydrogen-bond donors (Lipinski definition) is 0. The van der Waals surface area contributed by atoms with E-state index in [0.29, 0.717) is 0 Å². The quantitative estimate of drug-likeness (QED) is 0.231. The molecule has 37 heavy (non-hydrogen) atoms. The highest BCUT2D eigenvalue weighted by Gasteiger charge is 2.21. The summed E-state index contributed by atoms with van der Waals surface area (Å²) < 4.78 is 0. The molecule has 0 aliphatic rings. The van der Waals surface area contributed by atoms with Crippen molar-refractivity contribution in [1.29, 1.82) is 0 Å². The van der Waals surface area contributed by atoms with E-state index in [1.807, 2.05) is 0 Å². The number of benzene rings is 7. The van der Waals surface area contributed by atoms with Gasteiger partial charge >= 0.3 is 0 Å². The molecule has 0 fully saturated rings. The van der Waals surface area contributed by atoms with E-state index in [4.69, 9.17) is 0 Å². The van der Waals surface area contributed by atoms with E-state index in [1.54, 1.807) is 0 Å². The summed E-state index contributed by atoms with van der Waals surface area (Å²) in [7, 11) is 0. The van der Waals surface area contributed by atoms with Gasteiger partial charge < -0.3 is 4.90 Å². The molecule has 0 amide bonds. The maximum atomic E-state index is 2.49. The Balaban J connectivity index is 1.67. The summed E-state index contributed by atoms with van der Waals surface area (Å²) in [6.45, 7) is 4.40. The molecule has 0 radical (unpaired) electrons. The third kappa shape index (κ3) is 3.47. The minimum atomic E-state index is 1.20. The summed E-state index contributed by atoms with van der Waals surface area (Å²) in [6.07, 6.45) is 0. The normalized spacial score (nSPS) is 11.5. The zero-order valence-electron chi connectivity index (χ0n) is 21.1. The topological polar surface area (TPSA) is 3.24 Å². The van der Waals surface area contributed by atoms with Gasteiger partial charge in [-0.2, -0.15) is 0 Å². The lowest BCUT2D eigenvalue weighted by Gasteiger charge is -2.30. The number of aryl methyl sites for hydroxylation is 2. The largest absolute Gasteiger partial charge is 0.309 e. The maximum absolute atomic E-state index is 2.49. The van der Waals surface area contributed by atoms with E-state index in [2.05, 4.69) is 146 Å². The number of nitrogens with zero attached hydrogens (tertiary/aromatic N) is 1. The molecule has 0 saturated carbocycles. The van der Waals surface area contributed by atoms with Gasteiger partial charge in [-0.1, -0.05) is 109 Å². The molecule has 0 unspecified atom stereocenters. The Morgan fingerprint density at radius 2 is 0.811 bits per heavy atom. The predicted molar refractivity (Wildman–Crippen MR) is 161 cm³/mol. The van der Waals surface area contributed by atoms with Crippen LogP contribution < -0.4 is 4.90 Å². The van der Waals surface area contributed by atoms with Crippen molar-refractivity contribution in [3.8, 4) is 0 Å². The fourth-order valence-corrected chi connectivity index (χ4v) is 5.79. The highest BCUT2D eigenvalue weighted by Crippen LogP contribution is 2.46.